The van der Waals surface area contributed by atoms with Gasteiger partial charge in [0.2, 0.25) is 5.91 Å². The van der Waals surface area contributed by atoms with Gasteiger partial charge in [0.1, 0.15) is 5.69 Å². The first kappa shape index (κ1) is 14.9. The summed E-state index contributed by atoms with van der Waals surface area (Å²) in [4.78, 5) is 35.8. The van der Waals surface area contributed by atoms with Gasteiger partial charge in [0, 0.05) is 13.2 Å². The van der Waals surface area contributed by atoms with Crippen LogP contribution in [0.2, 0.25) is 0 Å². The van der Waals surface area contributed by atoms with Gasteiger partial charge in [0.15, 0.2) is 0 Å². The monoisotopic (exact) mass is 267 g/mol. The SMILES string of the molecule is COC(=O)CN(C)CC(=O)NC(=O)c1cccn1C. The van der Waals surface area contributed by atoms with Crippen molar-refractivity contribution >= 4 is 17.8 Å². The summed E-state index contributed by atoms with van der Waals surface area (Å²) in [6.07, 6.45) is 1.71. The van der Waals surface area contributed by atoms with Crippen molar-refractivity contribution in [2.24, 2.45) is 7.05 Å². The standard InChI is InChI=1S/C12H17N3O4/c1-14(8-11(17)19-3)7-10(16)13-12(18)9-5-4-6-15(9)2/h4-6H,7-8H2,1-3H3,(H,13,16,18). The van der Waals surface area contributed by atoms with Gasteiger partial charge in [0.05, 0.1) is 20.2 Å². The Morgan fingerprint density at radius 2 is 2.05 bits per heavy atom. The lowest BCUT2D eigenvalue weighted by Crippen LogP contribution is -2.40. The largest absolute Gasteiger partial charge is 0.468 e. The van der Waals surface area contributed by atoms with Crippen LogP contribution in [0.1, 0.15) is 10.5 Å². The Bertz CT molecular complexity index is 481. The van der Waals surface area contributed by atoms with Crippen molar-refractivity contribution < 1.29 is 19.1 Å². The number of esters is 1. The molecule has 0 fully saturated rings. The van der Waals surface area contributed by atoms with Crippen molar-refractivity contribution in [2.75, 3.05) is 27.2 Å². The Morgan fingerprint density at radius 1 is 1.37 bits per heavy atom. The second-order valence-electron chi connectivity index (χ2n) is 4.13. The maximum atomic E-state index is 11.7. The van der Waals surface area contributed by atoms with Crippen LogP contribution in [-0.4, -0.2) is 54.5 Å². The third-order valence-electron chi connectivity index (χ3n) is 2.47. The Hall–Kier alpha value is -2.15. The molecule has 0 unspecified atom stereocenters. The summed E-state index contributed by atoms with van der Waals surface area (Å²) in [5.41, 5.74) is 0.393. The molecule has 1 aromatic heterocycles. The number of ether oxygens (including phenoxy) is 1. The minimum Gasteiger partial charge on any atom is -0.468 e. The predicted octanol–water partition coefficient (Wildman–Crippen LogP) is -0.614. The van der Waals surface area contributed by atoms with Crippen molar-refractivity contribution in [3.8, 4) is 0 Å². The molecular formula is C12H17N3O4. The molecule has 7 nitrogen and oxygen atoms in total. The molecule has 0 atom stereocenters. The van der Waals surface area contributed by atoms with Crippen LogP contribution in [0, 0.1) is 0 Å². The zero-order chi connectivity index (χ0) is 14.4. The molecule has 0 aliphatic rings. The lowest BCUT2D eigenvalue weighted by molar-refractivity contribution is -0.141. The lowest BCUT2D eigenvalue weighted by atomic mass is 10.4. The van der Waals surface area contributed by atoms with Crippen molar-refractivity contribution in [2.45, 2.75) is 0 Å². The van der Waals surface area contributed by atoms with E-state index in [0.29, 0.717) is 5.69 Å². The van der Waals surface area contributed by atoms with Crippen molar-refractivity contribution in [1.29, 1.82) is 0 Å². The van der Waals surface area contributed by atoms with Crippen LogP contribution in [0.5, 0.6) is 0 Å². The third-order valence-corrected chi connectivity index (χ3v) is 2.47. The Balaban J connectivity index is 2.45. The molecule has 0 saturated carbocycles. The molecule has 0 radical (unpaired) electrons. The van der Waals surface area contributed by atoms with Gasteiger partial charge in [-0.2, -0.15) is 0 Å². The number of nitrogens with zero attached hydrogens (tertiary/aromatic N) is 2. The van der Waals surface area contributed by atoms with Crippen molar-refractivity contribution in [3.05, 3.63) is 24.0 Å². The Morgan fingerprint density at radius 3 is 2.58 bits per heavy atom. The Kier molecular flexibility index (Phi) is 5.25. The number of likely N-dealkylation sites (N-methyl/N-ethyl adjacent to an activating group) is 1. The average Bonchev–Trinajstić information content (AvgIpc) is 2.74. The molecule has 0 bridgehead atoms. The molecule has 7 heteroatoms. The predicted molar refractivity (Wildman–Crippen MR) is 67.4 cm³/mol. The fourth-order valence-electron chi connectivity index (χ4n) is 1.51. The summed E-state index contributed by atoms with van der Waals surface area (Å²) in [5, 5.41) is 2.25. The van der Waals surface area contributed by atoms with Crippen LogP contribution in [-0.2, 0) is 21.4 Å². The first-order valence-corrected chi connectivity index (χ1v) is 5.65. The highest BCUT2D eigenvalue weighted by atomic mass is 16.5. The van der Waals surface area contributed by atoms with Crippen molar-refractivity contribution in [1.82, 2.24) is 14.8 Å². The summed E-state index contributed by atoms with van der Waals surface area (Å²) >= 11 is 0. The van der Waals surface area contributed by atoms with E-state index in [1.54, 1.807) is 37.0 Å². The van der Waals surface area contributed by atoms with Crippen LogP contribution in [0.3, 0.4) is 0 Å². The Labute approximate surface area is 111 Å². The fraction of sp³-hybridized carbons (Fsp3) is 0.417. The number of rotatable bonds is 5. The van der Waals surface area contributed by atoms with E-state index in [9.17, 15) is 14.4 Å². The fourth-order valence-corrected chi connectivity index (χ4v) is 1.51. The van der Waals surface area contributed by atoms with Gasteiger partial charge >= 0.3 is 5.97 Å². The minimum atomic E-state index is -0.474. The normalized spacial score (nSPS) is 10.3. The zero-order valence-corrected chi connectivity index (χ0v) is 11.2. The van der Waals surface area contributed by atoms with E-state index in [4.69, 9.17) is 0 Å². The summed E-state index contributed by atoms with van der Waals surface area (Å²) in [6.45, 7) is -0.0759. The number of carbonyl (C=O) groups excluding carboxylic acids is 3. The van der Waals surface area contributed by atoms with Gasteiger partial charge in [-0.1, -0.05) is 0 Å². The summed E-state index contributed by atoms with van der Waals surface area (Å²) in [7, 11) is 4.57. The molecule has 104 valence electrons. The molecular weight excluding hydrogens is 250 g/mol. The molecule has 1 rings (SSSR count). The highest BCUT2D eigenvalue weighted by molar-refractivity contribution is 6.04. The number of hydrogen-bond acceptors (Lipinski definition) is 5. The van der Waals surface area contributed by atoms with E-state index in [1.807, 2.05) is 0 Å². The van der Waals surface area contributed by atoms with E-state index in [2.05, 4.69) is 10.1 Å². The van der Waals surface area contributed by atoms with Gasteiger partial charge in [-0.15, -0.1) is 0 Å². The maximum absolute atomic E-state index is 11.7. The number of amides is 2. The number of aryl methyl sites for hydroxylation is 1. The molecule has 0 spiro atoms. The summed E-state index contributed by atoms with van der Waals surface area (Å²) < 4.78 is 6.09. The number of nitrogens with one attached hydrogen (secondary N) is 1. The number of carbonyl (C=O) groups is 3. The molecule has 0 saturated heterocycles. The van der Waals surface area contributed by atoms with E-state index in [-0.39, 0.29) is 13.1 Å². The summed E-state index contributed by atoms with van der Waals surface area (Å²) in [5.74, 6) is -1.38. The lowest BCUT2D eigenvalue weighted by Gasteiger charge is -2.14. The number of imide groups is 1. The number of methoxy groups -OCH3 is 1. The van der Waals surface area contributed by atoms with Crippen LogP contribution in [0.15, 0.2) is 18.3 Å². The van der Waals surface area contributed by atoms with Crippen LogP contribution in [0.4, 0.5) is 0 Å². The molecule has 2 amide bonds. The molecule has 0 aromatic carbocycles. The third kappa shape index (κ3) is 4.55. The molecule has 1 heterocycles. The van der Waals surface area contributed by atoms with E-state index < -0.39 is 17.8 Å². The molecule has 1 aromatic rings. The second-order valence-corrected chi connectivity index (χ2v) is 4.13. The quantitative estimate of drug-likeness (QED) is 0.720. The van der Waals surface area contributed by atoms with Gasteiger partial charge in [-0.05, 0) is 19.2 Å². The highest BCUT2D eigenvalue weighted by Gasteiger charge is 2.15. The topological polar surface area (TPSA) is 80.6 Å². The second kappa shape index (κ2) is 6.69. The van der Waals surface area contributed by atoms with Crippen LogP contribution in [0.25, 0.3) is 0 Å². The smallest absolute Gasteiger partial charge is 0.319 e. The first-order chi connectivity index (χ1) is 8.93. The maximum Gasteiger partial charge on any atom is 0.319 e. The first-order valence-electron chi connectivity index (χ1n) is 5.65. The van der Waals surface area contributed by atoms with Gasteiger partial charge in [-0.25, -0.2) is 0 Å². The zero-order valence-electron chi connectivity index (χ0n) is 11.2. The number of hydrogen-bond donors (Lipinski definition) is 1. The molecule has 0 aliphatic carbocycles. The molecule has 19 heavy (non-hydrogen) atoms. The van der Waals surface area contributed by atoms with Crippen molar-refractivity contribution in [3.63, 3.8) is 0 Å². The minimum absolute atomic E-state index is 0.0116. The average molecular weight is 267 g/mol. The number of aromatic nitrogens is 1. The van der Waals surface area contributed by atoms with Gasteiger partial charge in [0.25, 0.3) is 5.91 Å². The van der Waals surface area contributed by atoms with E-state index in [1.165, 1.54) is 12.0 Å². The molecule has 0 aliphatic heterocycles. The van der Waals surface area contributed by atoms with Gasteiger partial charge in [-0.3, -0.25) is 24.6 Å². The van der Waals surface area contributed by atoms with E-state index >= 15 is 0 Å². The highest BCUT2D eigenvalue weighted by Crippen LogP contribution is 1.98. The van der Waals surface area contributed by atoms with Gasteiger partial charge < -0.3 is 9.30 Å². The summed E-state index contributed by atoms with van der Waals surface area (Å²) in [6, 6.07) is 3.32. The van der Waals surface area contributed by atoms with E-state index in [0.717, 1.165) is 0 Å². The molecule has 1 N–H and O–H groups in total. The van der Waals surface area contributed by atoms with Crippen LogP contribution >= 0.6 is 0 Å². The van der Waals surface area contributed by atoms with Crippen LogP contribution < -0.4 is 5.32 Å².